The van der Waals surface area contributed by atoms with Gasteiger partial charge in [-0.15, -0.1) is 0 Å². The lowest BCUT2D eigenvalue weighted by atomic mass is 10.0. The molecule has 0 saturated carbocycles. The van der Waals surface area contributed by atoms with Crippen LogP contribution in [0.2, 0.25) is 0 Å². The van der Waals surface area contributed by atoms with Crippen molar-refractivity contribution < 1.29 is 17.9 Å². The largest absolute Gasteiger partial charge is 0.493 e. The van der Waals surface area contributed by atoms with Crippen molar-refractivity contribution in [3.8, 4) is 11.5 Å². The molecule has 120 valence electrons. The zero-order chi connectivity index (χ0) is 15.9. The van der Waals surface area contributed by atoms with E-state index in [1.54, 1.807) is 18.2 Å². The van der Waals surface area contributed by atoms with E-state index in [0.29, 0.717) is 19.6 Å². The van der Waals surface area contributed by atoms with Gasteiger partial charge in [-0.25, -0.2) is 13.1 Å². The van der Waals surface area contributed by atoms with E-state index >= 15 is 0 Å². The normalized spacial score (nSPS) is 19.4. The Morgan fingerprint density at radius 1 is 1.00 bits per heavy atom. The minimum absolute atomic E-state index is 0.269. The third-order valence-corrected chi connectivity index (χ3v) is 5.70. The number of hydrogen-bond donors (Lipinski definition) is 1. The summed E-state index contributed by atoms with van der Waals surface area (Å²) in [4.78, 5) is 0.283. The van der Waals surface area contributed by atoms with Gasteiger partial charge in [0.05, 0.1) is 24.2 Å². The van der Waals surface area contributed by atoms with Crippen molar-refractivity contribution in [3.63, 3.8) is 0 Å². The number of hydrogen-bond acceptors (Lipinski definition) is 4. The van der Waals surface area contributed by atoms with Gasteiger partial charge in [0.25, 0.3) is 0 Å². The van der Waals surface area contributed by atoms with E-state index < -0.39 is 10.0 Å². The van der Waals surface area contributed by atoms with E-state index in [2.05, 4.69) is 4.72 Å². The molecule has 0 spiro atoms. The highest BCUT2D eigenvalue weighted by atomic mass is 32.2. The SMILES string of the molecule is O=S(=O)(N[C@H]1CCOc2ccccc21)c1ccc2c(c1)CCO2. The molecule has 2 heterocycles. The molecule has 6 heteroatoms. The van der Waals surface area contributed by atoms with Crippen LogP contribution in [0.1, 0.15) is 23.6 Å². The van der Waals surface area contributed by atoms with Gasteiger partial charge in [0.2, 0.25) is 10.0 Å². The molecule has 0 amide bonds. The molecule has 2 aliphatic rings. The molecule has 5 nitrogen and oxygen atoms in total. The van der Waals surface area contributed by atoms with Gasteiger partial charge < -0.3 is 9.47 Å². The predicted octanol–water partition coefficient (Wildman–Crippen LogP) is 2.42. The molecule has 0 aromatic heterocycles. The third-order valence-electron chi connectivity index (χ3n) is 4.23. The van der Waals surface area contributed by atoms with Crippen LogP contribution in [0.4, 0.5) is 0 Å². The molecule has 0 unspecified atom stereocenters. The molecule has 0 radical (unpaired) electrons. The highest BCUT2D eigenvalue weighted by Crippen LogP contribution is 2.33. The molecular weight excluding hydrogens is 314 g/mol. The number of rotatable bonds is 3. The van der Waals surface area contributed by atoms with Gasteiger partial charge in [0.1, 0.15) is 11.5 Å². The van der Waals surface area contributed by atoms with Crippen LogP contribution in [0, 0.1) is 0 Å². The van der Waals surface area contributed by atoms with Gasteiger partial charge in [-0.3, -0.25) is 0 Å². The maximum atomic E-state index is 12.7. The Balaban J connectivity index is 1.63. The Hall–Kier alpha value is -2.05. The van der Waals surface area contributed by atoms with Crippen molar-refractivity contribution in [2.24, 2.45) is 0 Å². The van der Waals surface area contributed by atoms with Gasteiger partial charge in [0.15, 0.2) is 0 Å². The van der Waals surface area contributed by atoms with Crippen molar-refractivity contribution in [1.82, 2.24) is 4.72 Å². The van der Waals surface area contributed by atoms with Gasteiger partial charge in [-0.05, 0) is 29.8 Å². The molecule has 4 rings (SSSR count). The summed E-state index contributed by atoms with van der Waals surface area (Å²) in [6.07, 6.45) is 1.36. The number of sulfonamides is 1. The fourth-order valence-corrected chi connectivity index (χ4v) is 4.35. The topological polar surface area (TPSA) is 64.6 Å². The average Bonchev–Trinajstić information content (AvgIpc) is 3.02. The maximum absolute atomic E-state index is 12.7. The quantitative estimate of drug-likeness (QED) is 0.938. The molecule has 1 N–H and O–H groups in total. The monoisotopic (exact) mass is 331 g/mol. The molecule has 2 aromatic rings. The lowest BCUT2D eigenvalue weighted by Crippen LogP contribution is -2.32. The van der Waals surface area contributed by atoms with E-state index in [1.165, 1.54) is 0 Å². The highest BCUT2D eigenvalue weighted by Gasteiger charge is 2.27. The first-order valence-corrected chi connectivity index (χ1v) is 9.11. The number of benzene rings is 2. The van der Waals surface area contributed by atoms with E-state index in [9.17, 15) is 8.42 Å². The summed E-state index contributed by atoms with van der Waals surface area (Å²) < 4.78 is 39.3. The molecule has 0 aliphatic carbocycles. The van der Waals surface area contributed by atoms with Crippen molar-refractivity contribution in [1.29, 1.82) is 0 Å². The number of ether oxygens (including phenoxy) is 2. The van der Waals surface area contributed by atoms with Crippen molar-refractivity contribution >= 4 is 10.0 Å². The van der Waals surface area contributed by atoms with E-state index in [4.69, 9.17) is 9.47 Å². The smallest absolute Gasteiger partial charge is 0.241 e. The highest BCUT2D eigenvalue weighted by molar-refractivity contribution is 7.89. The lowest BCUT2D eigenvalue weighted by molar-refractivity contribution is 0.263. The van der Waals surface area contributed by atoms with Crippen LogP contribution in [0.15, 0.2) is 47.4 Å². The molecule has 2 aromatic carbocycles. The van der Waals surface area contributed by atoms with Crippen LogP contribution in [0.25, 0.3) is 0 Å². The van der Waals surface area contributed by atoms with E-state index in [0.717, 1.165) is 29.0 Å². The first-order valence-electron chi connectivity index (χ1n) is 7.63. The number of nitrogens with one attached hydrogen (secondary N) is 1. The van der Waals surface area contributed by atoms with Gasteiger partial charge in [-0.1, -0.05) is 18.2 Å². The Morgan fingerprint density at radius 3 is 2.74 bits per heavy atom. The predicted molar refractivity (Wildman–Crippen MR) is 85.3 cm³/mol. The minimum Gasteiger partial charge on any atom is -0.493 e. The standard InChI is InChI=1S/C17H17NO4S/c19-23(20,13-5-6-16-12(11-13)7-9-21-16)18-15-8-10-22-17-4-2-1-3-14(15)17/h1-6,11,15,18H,7-10H2/t15-/m0/s1. The summed E-state index contributed by atoms with van der Waals surface area (Å²) in [6.45, 7) is 1.11. The van der Waals surface area contributed by atoms with Gasteiger partial charge in [-0.2, -0.15) is 0 Å². The zero-order valence-corrected chi connectivity index (χ0v) is 13.3. The summed E-state index contributed by atoms with van der Waals surface area (Å²) in [5.74, 6) is 1.52. The first kappa shape index (κ1) is 14.5. The number of fused-ring (bicyclic) bond motifs is 2. The van der Waals surface area contributed by atoms with Crippen LogP contribution in [0.3, 0.4) is 0 Å². The molecule has 0 saturated heterocycles. The Morgan fingerprint density at radius 2 is 1.83 bits per heavy atom. The Bertz CT molecular complexity index is 847. The second kappa shape index (κ2) is 5.54. The molecular formula is C17H17NO4S. The molecule has 2 aliphatic heterocycles. The minimum atomic E-state index is -3.59. The van der Waals surface area contributed by atoms with Crippen molar-refractivity contribution in [3.05, 3.63) is 53.6 Å². The van der Waals surface area contributed by atoms with E-state index in [1.807, 2.05) is 24.3 Å². The van der Waals surface area contributed by atoms with Crippen LogP contribution in [0.5, 0.6) is 11.5 Å². The summed E-state index contributed by atoms with van der Waals surface area (Å²) in [6, 6.07) is 12.3. The Labute approximate surface area is 135 Å². The second-order valence-electron chi connectivity index (χ2n) is 5.72. The lowest BCUT2D eigenvalue weighted by Gasteiger charge is -2.26. The third kappa shape index (κ3) is 2.68. The van der Waals surface area contributed by atoms with Gasteiger partial charge in [0, 0.05) is 18.4 Å². The molecule has 1 atom stereocenters. The summed E-state index contributed by atoms with van der Waals surface area (Å²) in [5.41, 5.74) is 1.83. The second-order valence-corrected chi connectivity index (χ2v) is 7.43. The van der Waals surface area contributed by atoms with Crippen LogP contribution < -0.4 is 14.2 Å². The summed E-state index contributed by atoms with van der Waals surface area (Å²) in [5, 5.41) is 0. The van der Waals surface area contributed by atoms with Crippen LogP contribution in [-0.4, -0.2) is 21.6 Å². The first-order chi connectivity index (χ1) is 11.1. The fourth-order valence-electron chi connectivity index (χ4n) is 3.05. The van der Waals surface area contributed by atoms with Crippen LogP contribution in [-0.2, 0) is 16.4 Å². The van der Waals surface area contributed by atoms with Crippen molar-refractivity contribution in [2.45, 2.75) is 23.8 Å². The average molecular weight is 331 g/mol. The van der Waals surface area contributed by atoms with Gasteiger partial charge >= 0.3 is 0 Å². The fraction of sp³-hybridized carbons (Fsp3) is 0.294. The zero-order valence-electron chi connectivity index (χ0n) is 12.5. The van der Waals surface area contributed by atoms with Crippen LogP contribution >= 0.6 is 0 Å². The maximum Gasteiger partial charge on any atom is 0.241 e. The summed E-state index contributed by atoms with van der Waals surface area (Å²) >= 11 is 0. The number of para-hydroxylation sites is 1. The molecule has 0 fully saturated rings. The van der Waals surface area contributed by atoms with E-state index in [-0.39, 0.29) is 10.9 Å². The molecule has 23 heavy (non-hydrogen) atoms. The summed E-state index contributed by atoms with van der Waals surface area (Å²) in [7, 11) is -3.59. The molecule has 0 bridgehead atoms. The van der Waals surface area contributed by atoms with Crippen molar-refractivity contribution in [2.75, 3.05) is 13.2 Å². The Kier molecular flexibility index (Phi) is 3.50.